The number of amides is 1. The minimum Gasteiger partial charge on any atom is -0.346 e. The van der Waals surface area contributed by atoms with Crippen molar-refractivity contribution in [2.75, 3.05) is 5.32 Å². The molecule has 29 heavy (non-hydrogen) atoms. The van der Waals surface area contributed by atoms with Gasteiger partial charge in [0.25, 0.3) is 0 Å². The van der Waals surface area contributed by atoms with E-state index in [0.29, 0.717) is 23.5 Å². The Morgan fingerprint density at radius 3 is 2.66 bits per heavy atom. The van der Waals surface area contributed by atoms with Crippen LogP contribution >= 0.6 is 11.3 Å². The molecule has 1 unspecified atom stereocenters. The molecule has 1 atom stereocenters. The monoisotopic (exact) mass is 404 g/mol. The molecule has 4 rings (SSSR count). The number of thiophene rings is 1. The zero-order chi connectivity index (χ0) is 20.2. The summed E-state index contributed by atoms with van der Waals surface area (Å²) in [6, 6.07) is 12.8. The average molecular weight is 404 g/mol. The van der Waals surface area contributed by atoms with Crippen molar-refractivity contribution in [1.29, 1.82) is 0 Å². The first-order chi connectivity index (χ1) is 14.1. The lowest BCUT2D eigenvalue weighted by Gasteiger charge is -2.18. The van der Waals surface area contributed by atoms with Gasteiger partial charge in [-0.25, -0.2) is 4.98 Å². The Bertz CT molecular complexity index is 1080. The van der Waals surface area contributed by atoms with Crippen LogP contribution in [-0.4, -0.2) is 25.8 Å². The first kappa shape index (κ1) is 18.9. The highest BCUT2D eigenvalue weighted by Crippen LogP contribution is 2.25. The number of aryl methyl sites for hydroxylation is 1. The Labute approximate surface area is 172 Å². The van der Waals surface area contributed by atoms with Gasteiger partial charge < -0.3 is 14.5 Å². The molecular formula is C22H20N4O2S. The molecule has 146 valence electrons. The van der Waals surface area contributed by atoms with E-state index >= 15 is 0 Å². The number of anilines is 1. The lowest BCUT2D eigenvalue weighted by Crippen LogP contribution is -2.19. The normalized spacial score (nSPS) is 11.9. The van der Waals surface area contributed by atoms with E-state index in [1.165, 1.54) is 0 Å². The van der Waals surface area contributed by atoms with Crippen LogP contribution in [0.25, 0.3) is 0 Å². The molecule has 0 saturated heterocycles. The van der Waals surface area contributed by atoms with Crippen molar-refractivity contribution >= 4 is 28.7 Å². The molecule has 0 bridgehead atoms. The van der Waals surface area contributed by atoms with Gasteiger partial charge in [-0.3, -0.25) is 9.59 Å². The molecule has 3 aromatic heterocycles. The fourth-order valence-corrected chi connectivity index (χ4v) is 3.96. The van der Waals surface area contributed by atoms with Crippen molar-refractivity contribution < 1.29 is 9.59 Å². The third kappa shape index (κ3) is 4.20. The summed E-state index contributed by atoms with van der Waals surface area (Å²) in [7, 11) is 1.78. The number of imidazole rings is 1. The lowest BCUT2D eigenvalue weighted by atomic mass is 10.1. The molecule has 0 saturated carbocycles. The Kier molecular flexibility index (Phi) is 5.39. The largest absolute Gasteiger partial charge is 0.346 e. The highest BCUT2D eigenvalue weighted by atomic mass is 32.1. The first-order valence-electron chi connectivity index (χ1n) is 9.18. The summed E-state index contributed by atoms with van der Waals surface area (Å²) in [5, 5.41) is 6.99. The van der Waals surface area contributed by atoms with Crippen LogP contribution < -0.4 is 5.32 Å². The summed E-state index contributed by atoms with van der Waals surface area (Å²) < 4.78 is 3.71. The zero-order valence-electron chi connectivity index (χ0n) is 15.9. The summed E-state index contributed by atoms with van der Waals surface area (Å²) in [5.74, 6) is 0.0622. The Morgan fingerprint density at radius 2 is 1.97 bits per heavy atom. The molecule has 1 amide bonds. The lowest BCUT2D eigenvalue weighted by molar-refractivity contribution is -0.116. The van der Waals surface area contributed by atoms with Gasteiger partial charge in [0.15, 0.2) is 5.82 Å². The SMILES string of the molecule is Cn1ccnc1C(=O)c1cccc(NC(=O)CC(c2ccsc2)n2cccc2)c1. The molecule has 4 aromatic rings. The van der Waals surface area contributed by atoms with E-state index in [0.717, 1.165) is 5.56 Å². The number of nitrogens with one attached hydrogen (secondary N) is 1. The van der Waals surface area contributed by atoms with Crippen molar-refractivity contribution in [3.63, 3.8) is 0 Å². The van der Waals surface area contributed by atoms with Gasteiger partial charge in [-0.1, -0.05) is 12.1 Å². The molecule has 0 aliphatic carbocycles. The highest BCUT2D eigenvalue weighted by Gasteiger charge is 2.19. The number of aromatic nitrogens is 3. The van der Waals surface area contributed by atoms with Crippen LogP contribution in [0.4, 0.5) is 5.69 Å². The van der Waals surface area contributed by atoms with Gasteiger partial charge in [0.05, 0.1) is 12.5 Å². The van der Waals surface area contributed by atoms with Gasteiger partial charge in [-0.05, 0) is 46.7 Å². The smallest absolute Gasteiger partial charge is 0.228 e. The highest BCUT2D eigenvalue weighted by molar-refractivity contribution is 7.08. The zero-order valence-corrected chi connectivity index (χ0v) is 16.7. The summed E-state index contributed by atoms with van der Waals surface area (Å²) in [4.78, 5) is 29.5. The molecule has 0 aliphatic rings. The Morgan fingerprint density at radius 1 is 1.14 bits per heavy atom. The molecule has 6 nitrogen and oxygen atoms in total. The maximum absolute atomic E-state index is 12.8. The molecule has 3 heterocycles. The topological polar surface area (TPSA) is 68.9 Å². The number of carbonyl (C=O) groups is 2. The van der Waals surface area contributed by atoms with Crippen molar-refractivity contribution in [1.82, 2.24) is 14.1 Å². The van der Waals surface area contributed by atoms with Crippen LogP contribution in [0.15, 0.2) is 78.0 Å². The summed E-state index contributed by atoms with van der Waals surface area (Å²) in [6.45, 7) is 0. The van der Waals surface area contributed by atoms with Gasteiger partial charge in [-0.2, -0.15) is 11.3 Å². The van der Waals surface area contributed by atoms with Crippen molar-refractivity contribution in [2.24, 2.45) is 7.05 Å². The summed E-state index contributed by atoms with van der Waals surface area (Å²) in [6.07, 6.45) is 7.53. The first-order valence-corrected chi connectivity index (χ1v) is 10.1. The number of benzene rings is 1. The second-order valence-corrected chi connectivity index (χ2v) is 7.51. The number of ketones is 1. The third-order valence-corrected chi connectivity index (χ3v) is 5.43. The molecule has 0 spiro atoms. The minimum atomic E-state index is -0.183. The predicted octanol–water partition coefficient (Wildman–Crippen LogP) is 4.13. The van der Waals surface area contributed by atoms with E-state index in [-0.39, 0.29) is 17.7 Å². The van der Waals surface area contributed by atoms with Gasteiger partial charge in [0.1, 0.15) is 0 Å². The van der Waals surface area contributed by atoms with Crippen molar-refractivity contribution in [2.45, 2.75) is 12.5 Å². The second kappa shape index (κ2) is 8.28. The number of hydrogen-bond acceptors (Lipinski definition) is 4. The molecule has 0 aliphatic heterocycles. The number of nitrogens with zero attached hydrogens (tertiary/aromatic N) is 3. The third-order valence-electron chi connectivity index (χ3n) is 4.73. The van der Waals surface area contributed by atoms with E-state index in [1.54, 1.807) is 59.6 Å². The van der Waals surface area contributed by atoms with Gasteiger partial charge >= 0.3 is 0 Å². The number of hydrogen-bond donors (Lipinski definition) is 1. The van der Waals surface area contributed by atoms with Gasteiger partial charge in [0, 0.05) is 43.1 Å². The van der Waals surface area contributed by atoms with Crippen LogP contribution in [-0.2, 0) is 11.8 Å². The van der Waals surface area contributed by atoms with E-state index < -0.39 is 0 Å². The standard InChI is InChI=1S/C22H20N4O2S/c1-25-11-8-23-22(25)21(28)16-5-4-6-18(13-16)24-20(27)14-19(17-7-12-29-15-17)26-9-2-3-10-26/h2-13,15,19H,14H2,1H3,(H,24,27). The Hall–Kier alpha value is -3.45. The molecule has 7 heteroatoms. The predicted molar refractivity (Wildman–Crippen MR) is 113 cm³/mol. The summed E-state index contributed by atoms with van der Waals surface area (Å²) in [5.41, 5.74) is 2.17. The van der Waals surface area contributed by atoms with Gasteiger partial charge in [-0.15, -0.1) is 0 Å². The van der Waals surface area contributed by atoms with Crippen LogP contribution in [0, 0.1) is 0 Å². The summed E-state index contributed by atoms with van der Waals surface area (Å²) >= 11 is 1.61. The maximum atomic E-state index is 12.8. The average Bonchev–Trinajstić information content (AvgIpc) is 3.48. The van der Waals surface area contributed by atoms with E-state index in [4.69, 9.17) is 0 Å². The molecule has 0 fully saturated rings. The van der Waals surface area contributed by atoms with E-state index in [9.17, 15) is 9.59 Å². The molecule has 1 N–H and O–H groups in total. The van der Waals surface area contributed by atoms with Crippen LogP contribution in [0.1, 0.15) is 34.2 Å². The van der Waals surface area contributed by atoms with Crippen molar-refractivity contribution in [3.05, 3.63) is 95.0 Å². The number of carbonyl (C=O) groups excluding carboxylic acids is 2. The molecule has 0 radical (unpaired) electrons. The van der Waals surface area contributed by atoms with E-state index in [1.807, 2.05) is 40.5 Å². The maximum Gasteiger partial charge on any atom is 0.228 e. The van der Waals surface area contributed by atoms with E-state index in [2.05, 4.69) is 15.7 Å². The van der Waals surface area contributed by atoms with Crippen LogP contribution in [0.3, 0.4) is 0 Å². The second-order valence-electron chi connectivity index (χ2n) is 6.73. The minimum absolute atomic E-state index is 0.0753. The van der Waals surface area contributed by atoms with Crippen molar-refractivity contribution in [3.8, 4) is 0 Å². The fraction of sp³-hybridized carbons (Fsp3) is 0.136. The van der Waals surface area contributed by atoms with Crippen LogP contribution in [0.2, 0.25) is 0 Å². The van der Waals surface area contributed by atoms with Crippen LogP contribution in [0.5, 0.6) is 0 Å². The number of rotatable bonds is 7. The Balaban J connectivity index is 1.50. The quantitative estimate of drug-likeness (QED) is 0.471. The molecule has 1 aromatic carbocycles. The fourth-order valence-electron chi connectivity index (χ4n) is 3.25. The van der Waals surface area contributed by atoms with Gasteiger partial charge in [0.2, 0.25) is 11.7 Å². The molecular weight excluding hydrogens is 384 g/mol.